The highest BCUT2D eigenvalue weighted by Crippen LogP contribution is 2.10. The lowest BCUT2D eigenvalue weighted by Gasteiger charge is -1.98. The summed E-state index contributed by atoms with van der Waals surface area (Å²) in [5.74, 6) is 0.784. The van der Waals surface area contributed by atoms with E-state index in [0.717, 1.165) is 16.9 Å². The van der Waals surface area contributed by atoms with E-state index < -0.39 is 0 Å². The minimum atomic E-state index is 0.776. The third-order valence-electron chi connectivity index (χ3n) is 2.02. The van der Waals surface area contributed by atoms with Gasteiger partial charge in [0, 0.05) is 17.8 Å². The topological polar surface area (TPSA) is 59.4 Å². The monoisotopic (exact) mass is 185 g/mol. The predicted octanol–water partition coefficient (Wildman–Crippen LogP) is 1.14. The Morgan fingerprint density at radius 2 is 2.29 bits per heavy atom. The van der Waals surface area contributed by atoms with Gasteiger partial charge in [-0.25, -0.2) is 9.67 Å². The fourth-order valence-electron chi connectivity index (χ4n) is 1.35. The van der Waals surface area contributed by atoms with Gasteiger partial charge >= 0.3 is 0 Å². The summed E-state index contributed by atoms with van der Waals surface area (Å²) >= 11 is 0. The number of fused-ring (bicyclic) bond motifs is 1. The number of aromatic amines is 1. The average Bonchev–Trinajstić information content (AvgIpc) is 2.88. The maximum absolute atomic E-state index is 4.36. The summed E-state index contributed by atoms with van der Waals surface area (Å²) in [5, 5.41) is 11.8. The smallest absolute Gasteiger partial charge is 0.157 e. The second kappa shape index (κ2) is 2.66. The van der Waals surface area contributed by atoms with Crippen LogP contribution >= 0.6 is 0 Å². The molecule has 0 bridgehead atoms. The van der Waals surface area contributed by atoms with Crippen LogP contribution < -0.4 is 0 Å². The minimum absolute atomic E-state index is 0.776. The molecule has 0 saturated heterocycles. The highest BCUT2D eigenvalue weighted by Gasteiger charge is 2.00. The molecule has 0 radical (unpaired) electrons. The Kier molecular flexibility index (Phi) is 1.38. The summed E-state index contributed by atoms with van der Waals surface area (Å²) in [6.07, 6.45) is 5.32. The fourth-order valence-corrected chi connectivity index (χ4v) is 1.35. The van der Waals surface area contributed by atoms with Gasteiger partial charge in [0.15, 0.2) is 11.5 Å². The van der Waals surface area contributed by atoms with Crippen LogP contribution in [0.15, 0.2) is 36.8 Å². The number of nitrogens with zero attached hydrogens (tertiary/aromatic N) is 4. The van der Waals surface area contributed by atoms with Gasteiger partial charge in [-0.2, -0.15) is 10.2 Å². The van der Waals surface area contributed by atoms with Crippen LogP contribution in [0, 0.1) is 0 Å². The van der Waals surface area contributed by atoms with Crippen LogP contribution in [0.25, 0.3) is 16.9 Å². The Labute approximate surface area is 79.4 Å². The average molecular weight is 185 g/mol. The largest absolute Gasteiger partial charge is 0.261 e. The lowest BCUT2D eigenvalue weighted by Crippen LogP contribution is -1.97. The minimum Gasteiger partial charge on any atom is -0.261 e. The van der Waals surface area contributed by atoms with E-state index in [1.165, 1.54) is 0 Å². The van der Waals surface area contributed by atoms with E-state index in [9.17, 15) is 0 Å². The number of rotatable bonds is 1. The van der Waals surface area contributed by atoms with Crippen molar-refractivity contribution in [3.8, 4) is 5.82 Å². The first-order chi connectivity index (χ1) is 6.93. The molecule has 0 fully saturated rings. The van der Waals surface area contributed by atoms with Crippen molar-refractivity contribution in [3.05, 3.63) is 36.8 Å². The third kappa shape index (κ3) is 0.990. The molecule has 3 rings (SSSR count). The Balaban J connectivity index is 2.23. The summed E-state index contributed by atoms with van der Waals surface area (Å²) in [6.45, 7) is 0. The van der Waals surface area contributed by atoms with Crippen molar-refractivity contribution in [2.45, 2.75) is 0 Å². The van der Waals surface area contributed by atoms with E-state index in [4.69, 9.17) is 0 Å². The molecule has 0 spiro atoms. The van der Waals surface area contributed by atoms with E-state index in [0.29, 0.717) is 0 Å². The molecule has 0 unspecified atom stereocenters. The van der Waals surface area contributed by atoms with Crippen molar-refractivity contribution < 1.29 is 0 Å². The second-order valence-corrected chi connectivity index (χ2v) is 2.93. The van der Waals surface area contributed by atoms with E-state index in [-0.39, 0.29) is 0 Å². The first kappa shape index (κ1) is 7.25. The van der Waals surface area contributed by atoms with E-state index >= 15 is 0 Å². The van der Waals surface area contributed by atoms with Gasteiger partial charge < -0.3 is 0 Å². The van der Waals surface area contributed by atoms with Crippen LogP contribution in [0.3, 0.4) is 0 Å². The number of H-pyrrole nitrogens is 1. The van der Waals surface area contributed by atoms with Crippen molar-refractivity contribution in [3.63, 3.8) is 0 Å². The van der Waals surface area contributed by atoms with Crippen LogP contribution in [0.5, 0.6) is 0 Å². The van der Waals surface area contributed by atoms with Gasteiger partial charge in [-0.1, -0.05) is 0 Å². The molecule has 5 heteroatoms. The third-order valence-corrected chi connectivity index (χ3v) is 2.02. The van der Waals surface area contributed by atoms with E-state index in [1.54, 1.807) is 17.1 Å². The normalized spacial score (nSPS) is 10.9. The van der Waals surface area contributed by atoms with Crippen molar-refractivity contribution in [2.75, 3.05) is 0 Å². The SMILES string of the molecule is c1cnn(-c2ccc3cn[nH]c3n2)c1. The van der Waals surface area contributed by atoms with Crippen molar-refractivity contribution in [2.24, 2.45) is 0 Å². The molecule has 0 atom stereocenters. The molecule has 0 aliphatic heterocycles. The zero-order valence-corrected chi connectivity index (χ0v) is 7.25. The molecule has 5 nitrogen and oxygen atoms in total. The highest BCUT2D eigenvalue weighted by atomic mass is 15.3. The molecule has 14 heavy (non-hydrogen) atoms. The van der Waals surface area contributed by atoms with E-state index in [2.05, 4.69) is 20.3 Å². The number of aromatic nitrogens is 5. The van der Waals surface area contributed by atoms with Crippen molar-refractivity contribution in [1.82, 2.24) is 25.0 Å². The molecule has 3 heterocycles. The fraction of sp³-hybridized carbons (Fsp3) is 0. The number of hydrogen-bond donors (Lipinski definition) is 1. The summed E-state index contributed by atoms with van der Waals surface area (Å²) in [5.41, 5.74) is 0.776. The van der Waals surface area contributed by atoms with Gasteiger partial charge in [0.25, 0.3) is 0 Å². The maximum atomic E-state index is 4.36. The maximum Gasteiger partial charge on any atom is 0.157 e. The Morgan fingerprint density at radius 3 is 3.14 bits per heavy atom. The Morgan fingerprint density at radius 1 is 1.29 bits per heavy atom. The highest BCUT2D eigenvalue weighted by molar-refractivity contribution is 5.74. The second-order valence-electron chi connectivity index (χ2n) is 2.93. The molecule has 0 saturated carbocycles. The van der Waals surface area contributed by atoms with Crippen LogP contribution in [-0.4, -0.2) is 25.0 Å². The van der Waals surface area contributed by atoms with Gasteiger partial charge in [0.05, 0.1) is 6.20 Å². The first-order valence-electron chi connectivity index (χ1n) is 4.24. The standard InChI is InChI=1S/C9H7N5/c1-4-11-14(5-1)8-3-2-7-6-10-13-9(7)12-8/h1-6H,(H,10,12,13). The lowest BCUT2D eigenvalue weighted by molar-refractivity contribution is 0.850. The summed E-state index contributed by atoms with van der Waals surface area (Å²) in [7, 11) is 0. The van der Waals surface area contributed by atoms with Gasteiger partial charge in [-0.3, -0.25) is 5.10 Å². The van der Waals surface area contributed by atoms with Crippen LogP contribution in [0.2, 0.25) is 0 Å². The predicted molar refractivity (Wildman–Crippen MR) is 51.0 cm³/mol. The van der Waals surface area contributed by atoms with Crippen LogP contribution in [0.4, 0.5) is 0 Å². The molecule has 3 aromatic rings. The zero-order valence-electron chi connectivity index (χ0n) is 7.25. The van der Waals surface area contributed by atoms with Gasteiger partial charge in [-0.15, -0.1) is 0 Å². The number of hydrogen-bond acceptors (Lipinski definition) is 3. The molecule has 0 aliphatic rings. The lowest BCUT2D eigenvalue weighted by atomic mass is 10.3. The summed E-state index contributed by atoms with van der Waals surface area (Å²) < 4.78 is 1.71. The van der Waals surface area contributed by atoms with Gasteiger partial charge in [0.1, 0.15) is 0 Å². The molecular formula is C9H7N5. The molecule has 1 N–H and O–H groups in total. The summed E-state index contributed by atoms with van der Waals surface area (Å²) in [4.78, 5) is 4.36. The molecule has 68 valence electrons. The van der Waals surface area contributed by atoms with Crippen LogP contribution in [-0.2, 0) is 0 Å². The molecule has 0 aliphatic carbocycles. The summed E-state index contributed by atoms with van der Waals surface area (Å²) in [6, 6.07) is 5.73. The first-order valence-corrected chi connectivity index (χ1v) is 4.24. The number of pyridine rings is 1. The van der Waals surface area contributed by atoms with Crippen LogP contribution in [0.1, 0.15) is 0 Å². The molecular weight excluding hydrogens is 178 g/mol. The molecule has 0 aromatic carbocycles. The Hall–Kier alpha value is -2.17. The molecule has 3 aromatic heterocycles. The van der Waals surface area contributed by atoms with Crippen molar-refractivity contribution in [1.29, 1.82) is 0 Å². The van der Waals surface area contributed by atoms with Crippen molar-refractivity contribution >= 4 is 11.0 Å². The quantitative estimate of drug-likeness (QED) is 0.618. The Bertz CT molecular complexity index is 551. The molecule has 0 amide bonds. The number of nitrogens with one attached hydrogen (secondary N) is 1. The zero-order chi connectivity index (χ0) is 9.38. The van der Waals surface area contributed by atoms with Gasteiger partial charge in [-0.05, 0) is 18.2 Å². The van der Waals surface area contributed by atoms with E-state index in [1.807, 2.05) is 24.4 Å². The van der Waals surface area contributed by atoms with Gasteiger partial charge in [0.2, 0.25) is 0 Å².